The fourth-order valence-corrected chi connectivity index (χ4v) is 1.89. The number of amides is 1. The van der Waals surface area contributed by atoms with E-state index < -0.39 is 6.10 Å². The molecule has 5 heteroatoms. The number of ether oxygens (including phenoxy) is 2. The van der Waals surface area contributed by atoms with E-state index in [-0.39, 0.29) is 5.91 Å². The average molecular weight is 295 g/mol. The van der Waals surface area contributed by atoms with Crippen LogP contribution in [0.2, 0.25) is 0 Å². The lowest BCUT2D eigenvalue weighted by Crippen LogP contribution is -2.29. The smallest absolute Gasteiger partial charge is 0.253 e. The van der Waals surface area contributed by atoms with Crippen LogP contribution >= 0.6 is 0 Å². The molecule has 1 unspecified atom stereocenters. The first kappa shape index (κ1) is 17.3. The van der Waals surface area contributed by atoms with E-state index in [4.69, 9.17) is 9.47 Å². The monoisotopic (exact) mass is 295 g/mol. The van der Waals surface area contributed by atoms with Crippen LogP contribution in [0.15, 0.2) is 18.2 Å². The van der Waals surface area contributed by atoms with Gasteiger partial charge in [0.15, 0.2) is 11.5 Å². The van der Waals surface area contributed by atoms with E-state index in [2.05, 4.69) is 0 Å². The number of nitrogens with zero attached hydrogens (tertiary/aromatic N) is 1. The summed E-state index contributed by atoms with van der Waals surface area (Å²) in [5.74, 6) is 1.12. The van der Waals surface area contributed by atoms with Gasteiger partial charge in [0.2, 0.25) is 0 Å². The molecule has 0 aromatic heterocycles. The Kier molecular flexibility index (Phi) is 7.02. The van der Waals surface area contributed by atoms with Gasteiger partial charge in [0, 0.05) is 19.2 Å². The fourth-order valence-electron chi connectivity index (χ4n) is 1.89. The lowest BCUT2D eigenvalue weighted by atomic mass is 10.1. The maximum atomic E-state index is 12.3. The quantitative estimate of drug-likeness (QED) is 0.799. The molecule has 21 heavy (non-hydrogen) atoms. The minimum absolute atomic E-state index is 0.0975. The molecule has 1 aromatic carbocycles. The zero-order chi connectivity index (χ0) is 15.8. The van der Waals surface area contributed by atoms with Gasteiger partial charge in [-0.1, -0.05) is 0 Å². The van der Waals surface area contributed by atoms with Gasteiger partial charge in [0.1, 0.15) is 0 Å². The SMILES string of the molecule is CCOc1ccc(C(=O)N(C)CCC(C)O)cc1OCC. The Bertz CT molecular complexity index is 460. The average Bonchev–Trinajstić information content (AvgIpc) is 2.46. The molecule has 0 bridgehead atoms. The summed E-state index contributed by atoms with van der Waals surface area (Å²) in [6.45, 7) is 7.06. The van der Waals surface area contributed by atoms with Crippen LogP contribution in [0.4, 0.5) is 0 Å². The molecular formula is C16H25NO4. The molecule has 0 heterocycles. The first-order valence-corrected chi connectivity index (χ1v) is 7.32. The second-order valence-electron chi connectivity index (χ2n) is 4.89. The summed E-state index contributed by atoms with van der Waals surface area (Å²) < 4.78 is 11.0. The minimum Gasteiger partial charge on any atom is -0.490 e. The Labute approximate surface area is 126 Å². The van der Waals surface area contributed by atoms with Crippen molar-refractivity contribution in [3.05, 3.63) is 23.8 Å². The summed E-state index contributed by atoms with van der Waals surface area (Å²) >= 11 is 0. The standard InChI is InChI=1S/C16H25NO4/c1-5-20-14-8-7-13(11-15(14)21-6-2)16(19)17(4)10-9-12(3)18/h7-8,11-12,18H,5-6,9-10H2,1-4H3. The van der Waals surface area contributed by atoms with E-state index in [1.54, 1.807) is 37.1 Å². The lowest BCUT2D eigenvalue weighted by Gasteiger charge is -2.19. The highest BCUT2D eigenvalue weighted by molar-refractivity contribution is 5.94. The van der Waals surface area contributed by atoms with Crippen molar-refractivity contribution in [3.8, 4) is 11.5 Å². The van der Waals surface area contributed by atoms with Crippen molar-refractivity contribution in [3.63, 3.8) is 0 Å². The Morgan fingerprint density at radius 2 is 1.86 bits per heavy atom. The van der Waals surface area contributed by atoms with E-state index >= 15 is 0 Å². The molecule has 0 aliphatic carbocycles. The summed E-state index contributed by atoms with van der Waals surface area (Å²) in [4.78, 5) is 13.9. The number of rotatable bonds is 8. The van der Waals surface area contributed by atoms with Crippen LogP contribution in [0.3, 0.4) is 0 Å². The molecule has 0 radical (unpaired) electrons. The van der Waals surface area contributed by atoms with Crippen molar-refractivity contribution in [1.82, 2.24) is 4.90 Å². The maximum Gasteiger partial charge on any atom is 0.253 e. The Balaban J connectivity index is 2.86. The predicted octanol–water partition coefficient (Wildman–Crippen LogP) is 2.33. The van der Waals surface area contributed by atoms with Crippen LogP contribution in [0.1, 0.15) is 37.6 Å². The molecule has 1 aromatic rings. The number of carbonyl (C=O) groups is 1. The van der Waals surface area contributed by atoms with Gasteiger partial charge >= 0.3 is 0 Å². The lowest BCUT2D eigenvalue weighted by molar-refractivity contribution is 0.0768. The molecule has 1 amide bonds. The van der Waals surface area contributed by atoms with Crippen molar-refractivity contribution in [1.29, 1.82) is 0 Å². The van der Waals surface area contributed by atoms with Gasteiger partial charge in [0.05, 0.1) is 19.3 Å². The van der Waals surface area contributed by atoms with Crippen molar-refractivity contribution in [2.45, 2.75) is 33.3 Å². The Morgan fingerprint density at radius 3 is 2.43 bits per heavy atom. The Hall–Kier alpha value is -1.75. The van der Waals surface area contributed by atoms with Gasteiger partial charge in [-0.25, -0.2) is 0 Å². The molecule has 118 valence electrons. The molecular weight excluding hydrogens is 270 g/mol. The van der Waals surface area contributed by atoms with Crippen LogP contribution < -0.4 is 9.47 Å². The molecule has 5 nitrogen and oxygen atoms in total. The zero-order valence-electron chi connectivity index (χ0n) is 13.3. The van der Waals surface area contributed by atoms with Crippen molar-refractivity contribution in [2.75, 3.05) is 26.8 Å². The summed E-state index contributed by atoms with van der Waals surface area (Å²) in [6.07, 6.45) is 0.136. The molecule has 0 spiro atoms. The summed E-state index contributed by atoms with van der Waals surface area (Å²) in [5.41, 5.74) is 0.551. The van der Waals surface area contributed by atoms with E-state index in [0.717, 1.165) is 0 Å². The summed E-state index contributed by atoms with van der Waals surface area (Å²) in [5, 5.41) is 9.29. The molecule has 0 aliphatic heterocycles. The number of benzene rings is 1. The molecule has 1 N–H and O–H groups in total. The number of hydrogen-bond donors (Lipinski definition) is 1. The summed E-state index contributed by atoms with van der Waals surface area (Å²) in [6, 6.07) is 5.19. The van der Waals surface area contributed by atoms with Crippen LogP contribution in [0.5, 0.6) is 11.5 Å². The highest BCUT2D eigenvalue weighted by atomic mass is 16.5. The maximum absolute atomic E-state index is 12.3. The van der Waals surface area contributed by atoms with Gasteiger partial charge < -0.3 is 19.5 Å². The predicted molar refractivity (Wildman–Crippen MR) is 82.0 cm³/mol. The molecule has 1 atom stereocenters. The van der Waals surface area contributed by atoms with E-state index in [0.29, 0.717) is 43.2 Å². The third kappa shape index (κ3) is 5.27. The van der Waals surface area contributed by atoms with Crippen LogP contribution in [0.25, 0.3) is 0 Å². The largest absolute Gasteiger partial charge is 0.490 e. The molecule has 0 saturated carbocycles. The number of carbonyl (C=O) groups excluding carboxylic acids is 1. The van der Waals surface area contributed by atoms with E-state index in [9.17, 15) is 9.90 Å². The number of aliphatic hydroxyl groups excluding tert-OH is 1. The van der Waals surface area contributed by atoms with E-state index in [1.165, 1.54) is 0 Å². The highest BCUT2D eigenvalue weighted by Gasteiger charge is 2.15. The first-order valence-electron chi connectivity index (χ1n) is 7.32. The van der Waals surface area contributed by atoms with Crippen LogP contribution in [-0.2, 0) is 0 Å². The van der Waals surface area contributed by atoms with Crippen molar-refractivity contribution in [2.24, 2.45) is 0 Å². The van der Waals surface area contributed by atoms with Gasteiger partial charge in [-0.2, -0.15) is 0 Å². The summed E-state index contributed by atoms with van der Waals surface area (Å²) in [7, 11) is 1.72. The number of hydrogen-bond acceptors (Lipinski definition) is 4. The third-order valence-corrected chi connectivity index (χ3v) is 3.02. The highest BCUT2D eigenvalue weighted by Crippen LogP contribution is 2.29. The van der Waals surface area contributed by atoms with Gasteiger partial charge in [0.25, 0.3) is 5.91 Å². The second kappa shape index (κ2) is 8.52. The first-order chi connectivity index (χ1) is 9.99. The van der Waals surface area contributed by atoms with Gasteiger partial charge in [-0.3, -0.25) is 4.79 Å². The van der Waals surface area contributed by atoms with Crippen LogP contribution in [-0.4, -0.2) is 48.8 Å². The second-order valence-corrected chi connectivity index (χ2v) is 4.89. The molecule has 0 saturated heterocycles. The van der Waals surface area contributed by atoms with Crippen molar-refractivity contribution >= 4 is 5.91 Å². The fraction of sp³-hybridized carbons (Fsp3) is 0.562. The Morgan fingerprint density at radius 1 is 1.24 bits per heavy atom. The van der Waals surface area contributed by atoms with Crippen LogP contribution in [0, 0.1) is 0 Å². The van der Waals surface area contributed by atoms with Gasteiger partial charge in [-0.15, -0.1) is 0 Å². The molecule has 0 fully saturated rings. The topological polar surface area (TPSA) is 59.0 Å². The van der Waals surface area contributed by atoms with E-state index in [1.807, 2.05) is 13.8 Å². The van der Waals surface area contributed by atoms with Gasteiger partial charge in [-0.05, 0) is 45.4 Å². The molecule has 1 rings (SSSR count). The third-order valence-electron chi connectivity index (χ3n) is 3.02. The minimum atomic E-state index is -0.417. The normalized spacial score (nSPS) is 11.9. The molecule has 0 aliphatic rings. The number of aliphatic hydroxyl groups is 1. The zero-order valence-corrected chi connectivity index (χ0v) is 13.3. The van der Waals surface area contributed by atoms with Crippen molar-refractivity contribution < 1.29 is 19.4 Å².